The van der Waals surface area contributed by atoms with Gasteiger partial charge in [0.05, 0.1) is 12.2 Å². The van der Waals surface area contributed by atoms with Gasteiger partial charge in [-0.05, 0) is 24.5 Å². The molecule has 0 unspecified atom stereocenters. The minimum absolute atomic E-state index is 0.0705. The third kappa shape index (κ3) is 2.96. The van der Waals surface area contributed by atoms with Gasteiger partial charge in [-0.1, -0.05) is 18.2 Å². The number of nitrogens with zero attached hydrogens (tertiary/aromatic N) is 2. The van der Waals surface area contributed by atoms with Crippen LogP contribution in [0.15, 0.2) is 24.3 Å². The second-order valence-corrected chi connectivity index (χ2v) is 4.44. The predicted molar refractivity (Wildman–Crippen MR) is 66.3 cm³/mol. The molecule has 0 saturated heterocycles. The molecule has 0 spiro atoms. The molecule has 1 aromatic carbocycles. The number of ether oxygens (including phenoxy) is 1. The first-order valence-electron chi connectivity index (χ1n) is 5.61. The van der Waals surface area contributed by atoms with E-state index in [4.69, 9.17) is 4.74 Å². The van der Waals surface area contributed by atoms with Crippen LogP contribution in [-0.4, -0.2) is 21.9 Å². The molecule has 20 heavy (non-hydrogen) atoms. The summed E-state index contributed by atoms with van der Waals surface area (Å²) in [5, 5.41) is -0.0705. The van der Waals surface area contributed by atoms with Gasteiger partial charge in [-0.2, -0.15) is 17.5 Å². The number of rotatable bonds is 3. The van der Waals surface area contributed by atoms with E-state index in [0.717, 1.165) is 6.07 Å². The van der Waals surface area contributed by atoms with Gasteiger partial charge in [0.15, 0.2) is 5.82 Å². The molecule has 0 atom stereocenters. The summed E-state index contributed by atoms with van der Waals surface area (Å²) in [5.41, 5.74) is -1.000. The Labute approximate surface area is 116 Å². The van der Waals surface area contributed by atoms with Crippen LogP contribution in [0, 0.1) is 0 Å². The smallest absolute Gasteiger partial charge is 0.417 e. The van der Waals surface area contributed by atoms with Crippen molar-refractivity contribution in [2.45, 2.75) is 13.1 Å². The Balaban J connectivity index is 2.41. The number of carbonyl (C=O) groups is 1. The van der Waals surface area contributed by atoms with E-state index < -0.39 is 17.7 Å². The standard InChI is InChI=1S/C12H9F3N2O2S/c1-2-19-11(18)10-16-9(17-20-10)7-5-3-4-6-8(7)12(13,14)15/h3-6H,2H2,1H3. The molecule has 8 heteroatoms. The number of aromatic nitrogens is 2. The van der Waals surface area contributed by atoms with Crippen molar-refractivity contribution in [3.63, 3.8) is 0 Å². The second kappa shape index (κ2) is 5.58. The molecule has 0 saturated carbocycles. The van der Waals surface area contributed by atoms with Gasteiger partial charge in [0.2, 0.25) is 5.01 Å². The van der Waals surface area contributed by atoms with E-state index in [0.29, 0.717) is 11.5 Å². The van der Waals surface area contributed by atoms with Crippen LogP contribution in [0.25, 0.3) is 11.4 Å². The van der Waals surface area contributed by atoms with Crippen LogP contribution in [0.4, 0.5) is 13.2 Å². The monoisotopic (exact) mass is 302 g/mol. The lowest BCUT2D eigenvalue weighted by Gasteiger charge is -2.09. The number of hydrogen-bond donors (Lipinski definition) is 0. The maximum absolute atomic E-state index is 12.9. The summed E-state index contributed by atoms with van der Waals surface area (Å²) in [6, 6.07) is 4.95. The van der Waals surface area contributed by atoms with Crippen LogP contribution >= 0.6 is 11.5 Å². The van der Waals surface area contributed by atoms with Gasteiger partial charge >= 0.3 is 12.1 Å². The van der Waals surface area contributed by atoms with Crippen LogP contribution in [0.1, 0.15) is 22.3 Å². The number of alkyl halides is 3. The second-order valence-electron chi connectivity index (χ2n) is 3.69. The number of benzene rings is 1. The van der Waals surface area contributed by atoms with Crippen LogP contribution in [0.3, 0.4) is 0 Å². The molecule has 2 rings (SSSR count). The van der Waals surface area contributed by atoms with Crippen LogP contribution in [0.2, 0.25) is 0 Å². The highest BCUT2D eigenvalue weighted by Gasteiger charge is 2.34. The predicted octanol–water partition coefficient (Wildman–Crippen LogP) is 3.40. The summed E-state index contributed by atoms with van der Waals surface area (Å²) in [6.45, 7) is 1.78. The van der Waals surface area contributed by atoms with Crippen LogP contribution < -0.4 is 0 Å². The third-order valence-electron chi connectivity index (χ3n) is 2.35. The number of halogens is 3. The molecular formula is C12H9F3N2O2S. The van der Waals surface area contributed by atoms with Gasteiger partial charge < -0.3 is 4.74 Å². The fraction of sp³-hybridized carbons (Fsp3) is 0.250. The number of carbonyl (C=O) groups excluding carboxylic acids is 1. The molecule has 0 N–H and O–H groups in total. The zero-order valence-electron chi connectivity index (χ0n) is 10.3. The van der Waals surface area contributed by atoms with E-state index in [1.807, 2.05) is 0 Å². The van der Waals surface area contributed by atoms with E-state index in [1.165, 1.54) is 18.2 Å². The first-order valence-corrected chi connectivity index (χ1v) is 6.38. The van der Waals surface area contributed by atoms with E-state index >= 15 is 0 Å². The first kappa shape index (κ1) is 14.4. The highest BCUT2D eigenvalue weighted by atomic mass is 32.1. The van der Waals surface area contributed by atoms with Crippen molar-refractivity contribution < 1.29 is 22.7 Å². The molecule has 0 aliphatic rings. The van der Waals surface area contributed by atoms with Crippen molar-refractivity contribution in [2.75, 3.05) is 6.61 Å². The summed E-state index contributed by atoms with van der Waals surface area (Å²) in [4.78, 5) is 15.2. The minimum Gasteiger partial charge on any atom is -0.461 e. The molecule has 0 amide bonds. The molecule has 1 heterocycles. The number of esters is 1. The molecule has 0 radical (unpaired) electrons. The fourth-order valence-corrected chi connectivity index (χ4v) is 2.11. The first-order chi connectivity index (χ1) is 9.43. The van der Waals surface area contributed by atoms with Crippen molar-refractivity contribution >= 4 is 17.5 Å². The molecule has 0 aliphatic heterocycles. The fourth-order valence-electron chi connectivity index (χ4n) is 1.53. The van der Waals surface area contributed by atoms with Gasteiger partial charge in [0, 0.05) is 5.56 Å². The van der Waals surface area contributed by atoms with Crippen molar-refractivity contribution in [3.05, 3.63) is 34.8 Å². The topological polar surface area (TPSA) is 52.1 Å². The summed E-state index contributed by atoms with van der Waals surface area (Å²) in [7, 11) is 0. The Kier molecular flexibility index (Phi) is 4.03. The van der Waals surface area contributed by atoms with Crippen molar-refractivity contribution in [3.8, 4) is 11.4 Å². The quantitative estimate of drug-likeness (QED) is 0.815. The lowest BCUT2D eigenvalue weighted by atomic mass is 10.1. The molecule has 0 fully saturated rings. The molecular weight excluding hydrogens is 293 g/mol. The van der Waals surface area contributed by atoms with Crippen molar-refractivity contribution in [1.29, 1.82) is 0 Å². The highest BCUT2D eigenvalue weighted by Crippen LogP contribution is 2.36. The molecule has 4 nitrogen and oxygen atoms in total. The molecule has 1 aromatic heterocycles. The Morgan fingerprint density at radius 2 is 2.05 bits per heavy atom. The summed E-state index contributed by atoms with van der Waals surface area (Å²) < 4.78 is 47.1. The molecule has 2 aromatic rings. The highest BCUT2D eigenvalue weighted by molar-refractivity contribution is 7.07. The van der Waals surface area contributed by atoms with E-state index in [1.54, 1.807) is 6.92 Å². The van der Waals surface area contributed by atoms with Gasteiger partial charge in [-0.3, -0.25) is 0 Å². The van der Waals surface area contributed by atoms with Gasteiger partial charge in [0.25, 0.3) is 0 Å². The molecule has 0 bridgehead atoms. The zero-order chi connectivity index (χ0) is 14.8. The SMILES string of the molecule is CCOC(=O)c1nc(-c2ccccc2C(F)(F)F)ns1. The largest absolute Gasteiger partial charge is 0.461 e. The normalized spacial score (nSPS) is 11.4. The van der Waals surface area contributed by atoms with Crippen molar-refractivity contribution in [1.82, 2.24) is 9.36 Å². The Morgan fingerprint density at radius 3 is 2.70 bits per heavy atom. The Bertz CT molecular complexity index is 625. The van der Waals surface area contributed by atoms with Gasteiger partial charge in [0.1, 0.15) is 0 Å². The summed E-state index contributed by atoms with van der Waals surface area (Å²) >= 11 is 0.709. The van der Waals surface area contributed by atoms with Gasteiger partial charge in [-0.25, -0.2) is 9.78 Å². The summed E-state index contributed by atoms with van der Waals surface area (Å²) in [6.07, 6.45) is -4.51. The Morgan fingerprint density at radius 1 is 1.35 bits per heavy atom. The lowest BCUT2D eigenvalue weighted by Crippen LogP contribution is -2.07. The summed E-state index contributed by atoms with van der Waals surface area (Å²) in [5.74, 6) is -0.827. The van der Waals surface area contributed by atoms with Crippen LogP contribution in [-0.2, 0) is 10.9 Å². The zero-order valence-corrected chi connectivity index (χ0v) is 11.1. The van der Waals surface area contributed by atoms with Crippen LogP contribution in [0.5, 0.6) is 0 Å². The number of hydrogen-bond acceptors (Lipinski definition) is 5. The van der Waals surface area contributed by atoms with Crippen molar-refractivity contribution in [2.24, 2.45) is 0 Å². The van der Waals surface area contributed by atoms with E-state index in [9.17, 15) is 18.0 Å². The third-order valence-corrected chi connectivity index (χ3v) is 3.04. The maximum Gasteiger partial charge on any atom is 0.417 e. The minimum atomic E-state index is -4.51. The average molecular weight is 302 g/mol. The Hall–Kier alpha value is -1.96. The maximum atomic E-state index is 12.9. The lowest BCUT2D eigenvalue weighted by molar-refractivity contribution is -0.137. The van der Waals surface area contributed by atoms with E-state index in [-0.39, 0.29) is 23.0 Å². The average Bonchev–Trinajstić information content (AvgIpc) is 2.87. The molecule has 0 aliphatic carbocycles. The van der Waals surface area contributed by atoms with Gasteiger partial charge in [-0.15, -0.1) is 0 Å². The molecule has 106 valence electrons. The van der Waals surface area contributed by atoms with E-state index in [2.05, 4.69) is 9.36 Å².